The molecule has 0 fully saturated rings. The first-order valence-electron chi connectivity index (χ1n) is 7.26. The van der Waals surface area contributed by atoms with E-state index < -0.39 is 0 Å². The van der Waals surface area contributed by atoms with Crippen LogP contribution in [-0.4, -0.2) is 20.3 Å². The fraction of sp³-hybridized carbons (Fsp3) is 0.118. The predicted molar refractivity (Wildman–Crippen MR) is 95.0 cm³/mol. The number of hydrogen-bond donors (Lipinski definition) is 4. The summed E-state index contributed by atoms with van der Waals surface area (Å²) >= 11 is 0. The van der Waals surface area contributed by atoms with Crippen LogP contribution in [0.5, 0.6) is 11.5 Å². The molecule has 1 aliphatic rings. The van der Waals surface area contributed by atoms with E-state index >= 15 is 0 Å². The Morgan fingerprint density at radius 3 is 2.54 bits per heavy atom. The molecule has 4 N–H and O–H groups in total. The summed E-state index contributed by atoms with van der Waals surface area (Å²) in [5.41, 5.74) is 2.98. The predicted octanol–water partition coefficient (Wildman–Crippen LogP) is 3.66. The summed E-state index contributed by atoms with van der Waals surface area (Å²) in [6, 6.07) is 10.3. The van der Waals surface area contributed by atoms with Crippen molar-refractivity contribution in [3.63, 3.8) is 0 Å². The molecule has 0 unspecified atom stereocenters. The molecule has 0 aromatic heterocycles. The lowest BCUT2D eigenvalue weighted by atomic mass is 10.2. The molecule has 0 saturated carbocycles. The summed E-state index contributed by atoms with van der Waals surface area (Å²) in [4.78, 5) is 12.2. The highest BCUT2D eigenvalue weighted by Crippen LogP contribution is 2.33. The Bertz CT molecular complexity index is 804. The number of methoxy groups -OCH3 is 2. The van der Waals surface area contributed by atoms with Crippen molar-refractivity contribution in [3.05, 3.63) is 48.8 Å². The van der Waals surface area contributed by atoms with E-state index in [-0.39, 0.29) is 6.03 Å². The molecule has 1 aliphatic heterocycles. The van der Waals surface area contributed by atoms with Gasteiger partial charge >= 0.3 is 6.03 Å². The standard InChI is InChI=1S/C17H18N4O3/c1-10-18-13-6-4-11(8-15(13)19-10)20-17(22)21-14-7-5-12(23-2)9-16(14)24-3/h4-9,18-19H,1H2,2-3H3,(H2,20,21,22). The van der Waals surface area contributed by atoms with Crippen molar-refractivity contribution in [2.75, 3.05) is 35.5 Å². The van der Waals surface area contributed by atoms with Crippen LogP contribution < -0.4 is 30.7 Å². The molecule has 7 nitrogen and oxygen atoms in total. The Kier molecular flexibility index (Phi) is 4.15. The SMILES string of the molecule is C=C1Nc2ccc(NC(=O)Nc3ccc(OC)cc3OC)cc2N1. The zero-order chi connectivity index (χ0) is 17.1. The lowest BCUT2D eigenvalue weighted by molar-refractivity contribution is 0.262. The highest BCUT2D eigenvalue weighted by molar-refractivity contribution is 6.01. The molecule has 2 aromatic carbocycles. The van der Waals surface area contributed by atoms with Gasteiger partial charge in [0.1, 0.15) is 17.3 Å². The Hall–Kier alpha value is -3.35. The van der Waals surface area contributed by atoms with E-state index in [1.54, 1.807) is 31.4 Å². The number of rotatable bonds is 4. The van der Waals surface area contributed by atoms with Crippen LogP contribution in [0.1, 0.15) is 0 Å². The Labute approximate surface area is 139 Å². The highest BCUT2D eigenvalue weighted by atomic mass is 16.5. The topological polar surface area (TPSA) is 83.7 Å². The number of fused-ring (bicyclic) bond motifs is 1. The zero-order valence-corrected chi connectivity index (χ0v) is 13.4. The summed E-state index contributed by atoms with van der Waals surface area (Å²) in [7, 11) is 3.10. The maximum absolute atomic E-state index is 12.2. The van der Waals surface area contributed by atoms with Crippen LogP contribution in [0.25, 0.3) is 0 Å². The molecule has 0 radical (unpaired) electrons. The van der Waals surface area contributed by atoms with Gasteiger partial charge in [-0.2, -0.15) is 0 Å². The molecule has 0 bridgehead atoms. The number of urea groups is 1. The average Bonchev–Trinajstić information content (AvgIpc) is 2.94. The van der Waals surface area contributed by atoms with E-state index in [4.69, 9.17) is 9.47 Å². The lowest BCUT2D eigenvalue weighted by Gasteiger charge is -2.12. The number of anilines is 4. The highest BCUT2D eigenvalue weighted by Gasteiger charge is 2.14. The molecule has 0 atom stereocenters. The van der Waals surface area contributed by atoms with Gasteiger partial charge in [-0.1, -0.05) is 6.58 Å². The summed E-state index contributed by atoms with van der Waals surface area (Å²) in [5, 5.41) is 11.7. The van der Waals surface area contributed by atoms with Crippen LogP contribution >= 0.6 is 0 Å². The minimum Gasteiger partial charge on any atom is -0.497 e. The van der Waals surface area contributed by atoms with E-state index in [0.717, 1.165) is 11.4 Å². The van der Waals surface area contributed by atoms with Crippen molar-refractivity contribution in [2.45, 2.75) is 0 Å². The molecule has 124 valence electrons. The molecule has 2 amide bonds. The van der Waals surface area contributed by atoms with Crippen LogP contribution in [-0.2, 0) is 0 Å². The minimum absolute atomic E-state index is 0.372. The fourth-order valence-corrected chi connectivity index (χ4v) is 2.38. The van der Waals surface area contributed by atoms with Gasteiger partial charge in [0, 0.05) is 11.8 Å². The van der Waals surface area contributed by atoms with Gasteiger partial charge in [-0.25, -0.2) is 4.79 Å². The van der Waals surface area contributed by atoms with Crippen molar-refractivity contribution in [1.82, 2.24) is 0 Å². The van der Waals surface area contributed by atoms with Gasteiger partial charge in [0.15, 0.2) is 0 Å². The van der Waals surface area contributed by atoms with Crippen LogP contribution in [0, 0.1) is 0 Å². The van der Waals surface area contributed by atoms with Crippen molar-refractivity contribution < 1.29 is 14.3 Å². The first-order valence-corrected chi connectivity index (χ1v) is 7.26. The van der Waals surface area contributed by atoms with E-state index in [2.05, 4.69) is 27.8 Å². The van der Waals surface area contributed by atoms with Crippen molar-refractivity contribution in [3.8, 4) is 11.5 Å². The van der Waals surface area contributed by atoms with Gasteiger partial charge in [-0.3, -0.25) is 0 Å². The summed E-state index contributed by atoms with van der Waals surface area (Å²) in [5.74, 6) is 1.87. The number of carbonyl (C=O) groups is 1. The average molecular weight is 326 g/mol. The number of carbonyl (C=O) groups excluding carboxylic acids is 1. The van der Waals surface area contributed by atoms with E-state index in [1.807, 2.05) is 12.1 Å². The number of nitrogens with one attached hydrogen (secondary N) is 4. The van der Waals surface area contributed by atoms with Gasteiger partial charge in [0.2, 0.25) is 0 Å². The molecule has 2 aromatic rings. The van der Waals surface area contributed by atoms with E-state index in [0.29, 0.717) is 28.7 Å². The monoisotopic (exact) mass is 326 g/mol. The third kappa shape index (κ3) is 3.19. The zero-order valence-electron chi connectivity index (χ0n) is 13.4. The van der Waals surface area contributed by atoms with Gasteiger partial charge in [0.05, 0.1) is 31.3 Å². The van der Waals surface area contributed by atoms with Crippen LogP contribution in [0.15, 0.2) is 48.8 Å². The van der Waals surface area contributed by atoms with Crippen molar-refractivity contribution in [2.24, 2.45) is 0 Å². The van der Waals surface area contributed by atoms with Crippen molar-refractivity contribution in [1.29, 1.82) is 0 Å². The number of benzene rings is 2. The molecule has 24 heavy (non-hydrogen) atoms. The first kappa shape index (κ1) is 15.5. The molecule has 7 heteroatoms. The third-order valence-electron chi connectivity index (χ3n) is 3.51. The molecule has 1 heterocycles. The summed E-state index contributed by atoms with van der Waals surface area (Å²) in [6.45, 7) is 3.80. The lowest BCUT2D eigenvalue weighted by Crippen LogP contribution is -2.19. The van der Waals surface area contributed by atoms with Crippen LogP contribution in [0.3, 0.4) is 0 Å². The number of hydrogen-bond acceptors (Lipinski definition) is 5. The quantitative estimate of drug-likeness (QED) is 0.689. The molecule has 0 aliphatic carbocycles. The minimum atomic E-state index is -0.372. The van der Waals surface area contributed by atoms with Gasteiger partial charge in [-0.05, 0) is 30.3 Å². The number of ether oxygens (including phenoxy) is 2. The Balaban J connectivity index is 1.70. The number of amides is 2. The molecule has 0 spiro atoms. The second kappa shape index (κ2) is 6.41. The van der Waals surface area contributed by atoms with E-state index in [1.165, 1.54) is 7.11 Å². The summed E-state index contributed by atoms with van der Waals surface area (Å²) in [6.07, 6.45) is 0. The normalized spacial score (nSPS) is 11.8. The third-order valence-corrected chi connectivity index (χ3v) is 3.51. The maximum atomic E-state index is 12.2. The fourth-order valence-electron chi connectivity index (χ4n) is 2.38. The molecular formula is C17H18N4O3. The molecular weight excluding hydrogens is 308 g/mol. The van der Waals surface area contributed by atoms with Crippen LogP contribution in [0.2, 0.25) is 0 Å². The van der Waals surface area contributed by atoms with Crippen LogP contribution in [0.4, 0.5) is 27.5 Å². The Morgan fingerprint density at radius 2 is 1.79 bits per heavy atom. The van der Waals surface area contributed by atoms with Crippen molar-refractivity contribution >= 4 is 28.8 Å². The largest absolute Gasteiger partial charge is 0.497 e. The van der Waals surface area contributed by atoms with E-state index in [9.17, 15) is 4.79 Å². The summed E-state index contributed by atoms with van der Waals surface area (Å²) < 4.78 is 10.4. The first-order chi connectivity index (χ1) is 11.6. The molecule has 3 rings (SSSR count). The van der Waals surface area contributed by atoms with Gasteiger partial charge < -0.3 is 30.7 Å². The molecule has 0 saturated heterocycles. The Morgan fingerprint density at radius 1 is 1.00 bits per heavy atom. The second-order valence-electron chi connectivity index (χ2n) is 5.13. The van der Waals surface area contributed by atoms with Gasteiger partial charge in [0.25, 0.3) is 0 Å². The second-order valence-corrected chi connectivity index (χ2v) is 5.13. The van der Waals surface area contributed by atoms with Gasteiger partial charge in [-0.15, -0.1) is 0 Å². The smallest absolute Gasteiger partial charge is 0.323 e. The maximum Gasteiger partial charge on any atom is 0.323 e.